The van der Waals surface area contributed by atoms with E-state index in [9.17, 15) is 31.2 Å². The summed E-state index contributed by atoms with van der Waals surface area (Å²) in [6.07, 6.45) is 5.16. The number of halogens is 3. The third-order valence-electron chi connectivity index (χ3n) is 8.20. The van der Waals surface area contributed by atoms with Crippen molar-refractivity contribution in [2.45, 2.75) is 82.6 Å². The summed E-state index contributed by atoms with van der Waals surface area (Å²) in [6, 6.07) is 0. The molecule has 6 nitrogen and oxygen atoms in total. The number of fused-ring (bicyclic) bond motifs is 2. The maximum Gasteiger partial charge on any atom is 0.412 e. The van der Waals surface area contributed by atoms with Crippen LogP contribution in [0.25, 0.3) is 0 Å². The van der Waals surface area contributed by atoms with Crippen LogP contribution < -0.4 is 4.72 Å². The fraction of sp³-hybridized carbons (Fsp3) is 0.760. The summed E-state index contributed by atoms with van der Waals surface area (Å²) in [7, 11) is -4.34. The van der Waals surface area contributed by atoms with Crippen LogP contribution in [0.5, 0.6) is 0 Å². The Bertz CT molecular complexity index is 983. The first-order valence-electron chi connectivity index (χ1n) is 12.7. The highest BCUT2D eigenvalue weighted by atomic mass is 32.2. The molecule has 196 valence electrons. The fourth-order valence-electron chi connectivity index (χ4n) is 6.46. The van der Waals surface area contributed by atoms with Crippen LogP contribution in [0.2, 0.25) is 0 Å². The molecule has 4 rings (SSSR count). The summed E-state index contributed by atoms with van der Waals surface area (Å²) in [6.45, 7) is 2.29. The third kappa shape index (κ3) is 6.12. The molecule has 3 fully saturated rings. The third-order valence-corrected chi connectivity index (χ3v) is 9.78. The first kappa shape index (κ1) is 26.2. The van der Waals surface area contributed by atoms with Crippen LogP contribution in [0.3, 0.4) is 0 Å². The molecular formula is C25H35F3N2O4S. The molecular weight excluding hydrogens is 481 g/mol. The van der Waals surface area contributed by atoms with Crippen molar-refractivity contribution in [2.24, 2.45) is 23.7 Å². The van der Waals surface area contributed by atoms with Crippen molar-refractivity contribution in [3.8, 4) is 0 Å². The molecule has 3 atom stereocenters. The number of hydrogen-bond donors (Lipinski definition) is 1. The Hall–Kier alpha value is -1.84. The van der Waals surface area contributed by atoms with E-state index < -0.39 is 45.3 Å². The summed E-state index contributed by atoms with van der Waals surface area (Å²) < 4.78 is 67.9. The number of allylic oxidation sites excluding steroid dienone is 3. The molecule has 0 aromatic rings. The number of rotatable bonds is 5. The van der Waals surface area contributed by atoms with Crippen LogP contribution in [0.15, 0.2) is 23.3 Å². The van der Waals surface area contributed by atoms with E-state index in [0.29, 0.717) is 25.4 Å². The van der Waals surface area contributed by atoms with E-state index >= 15 is 0 Å². The Morgan fingerprint density at radius 2 is 1.60 bits per heavy atom. The normalized spacial score (nSPS) is 30.3. The Kier molecular flexibility index (Phi) is 7.69. The van der Waals surface area contributed by atoms with Gasteiger partial charge < -0.3 is 4.90 Å². The van der Waals surface area contributed by atoms with Gasteiger partial charge in [0.05, 0.1) is 0 Å². The number of nitrogens with one attached hydrogen (secondary N) is 1. The molecule has 10 heteroatoms. The minimum absolute atomic E-state index is 0.120. The van der Waals surface area contributed by atoms with Gasteiger partial charge in [0.25, 0.3) is 0 Å². The van der Waals surface area contributed by atoms with Gasteiger partial charge in [0.15, 0.2) is 0 Å². The fourth-order valence-corrected chi connectivity index (χ4v) is 7.82. The molecule has 0 aromatic carbocycles. The Labute approximate surface area is 205 Å². The second-order valence-corrected chi connectivity index (χ2v) is 12.7. The highest BCUT2D eigenvalue weighted by Gasteiger charge is 2.46. The van der Waals surface area contributed by atoms with E-state index in [2.05, 4.69) is 4.72 Å². The SMILES string of the molecule is CC1=CC(S(=O)(=O)NC(=O)C2C3CCCCC2CN(C(=O)CC2CCCC2)C3)CC(C(F)(F)F)=C1. The number of carbonyl (C=O) groups is 2. The Morgan fingerprint density at radius 1 is 1.03 bits per heavy atom. The zero-order valence-corrected chi connectivity index (χ0v) is 21.0. The van der Waals surface area contributed by atoms with Crippen molar-refractivity contribution >= 4 is 21.8 Å². The molecule has 3 aliphatic carbocycles. The van der Waals surface area contributed by atoms with Gasteiger partial charge in [-0.05, 0) is 56.8 Å². The standard InChI is InChI=1S/C25H35F3N2O4S/c1-16-10-20(25(26,27)28)13-21(11-16)35(33,34)29-24(32)23-18-8-4-5-9-19(23)15-30(14-18)22(31)12-17-6-2-3-7-17/h10-11,17-19,21,23H,2-9,12-15H2,1H3,(H,29,32). The average molecular weight is 517 g/mol. The largest absolute Gasteiger partial charge is 0.412 e. The van der Waals surface area contributed by atoms with E-state index in [1.807, 2.05) is 4.90 Å². The van der Waals surface area contributed by atoms with E-state index in [1.165, 1.54) is 13.0 Å². The number of sulfonamides is 1. The lowest BCUT2D eigenvalue weighted by atomic mass is 9.76. The van der Waals surface area contributed by atoms with Crippen molar-refractivity contribution in [3.05, 3.63) is 23.3 Å². The number of alkyl halides is 3. The maximum atomic E-state index is 13.3. The van der Waals surface area contributed by atoms with Crippen LogP contribution in [-0.4, -0.2) is 49.6 Å². The van der Waals surface area contributed by atoms with Gasteiger partial charge in [-0.1, -0.05) is 43.4 Å². The topological polar surface area (TPSA) is 83.6 Å². The highest BCUT2D eigenvalue weighted by Crippen LogP contribution is 2.40. The van der Waals surface area contributed by atoms with Gasteiger partial charge >= 0.3 is 6.18 Å². The second kappa shape index (κ2) is 10.3. The van der Waals surface area contributed by atoms with E-state index in [1.54, 1.807) is 0 Å². The molecule has 2 saturated carbocycles. The zero-order chi connectivity index (χ0) is 25.4. The molecule has 1 aliphatic heterocycles. The van der Waals surface area contributed by atoms with Crippen molar-refractivity contribution in [3.63, 3.8) is 0 Å². The predicted molar refractivity (Wildman–Crippen MR) is 125 cm³/mol. The number of hydrogen-bond acceptors (Lipinski definition) is 4. The maximum absolute atomic E-state index is 13.3. The number of nitrogens with zero attached hydrogens (tertiary/aromatic N) is 1. The van der Waals surface area contributed by atoms with Crippen LogP contribution in [-0.2, 0) is 19.6 Å². The zero-order valence-electron chi connectivity index (χ0n) is 20.1. The number of carbonyl (C=O) groups excluding carboxylic acids is 2. The van der Waals surface area contributed by atoms with Crippen LogP contribution in [0, 0.1) is 23.7 Å². The Balaban J connectivity index is 1.45. The van der Waals surface area contributed by atoms with Crippen LogP contribution >= 0.6 is 0 Å². The lowest BCUT2D eigenvalue weighted by Gasteiger charge is -2.42. The Morgan fingerprint density at radius 3 is 2.17 bits per heavy atom. The molecule has 0 aromatic heterocycles. The van der Waals surface area contributed by atoms with Gasteiger partial charge in [0.2, 0.25) is 21.8 Å². The average Bonchev–Trinajstić information content (AvgIpc) is 3.23. The van der Waals surface area contributed by atoms with Gasteiger partial charge in [0, 0.05) is 31.0 Å². The molecule has 0 radical (unpaired) electrons. The molecule has 2 amide bonds. The van der Waals surface area contributed by atoms with Crippen LogP contribution in [0.4, 0.5) is 13.2 Å². The molecule has 1 N–H and O–H groups in total. The summed E-state index contributed by atoms with van der Waals surface area (Å²) in [5.41, 5.74) is -0.711. The van der Waals surface area contributed by atoms with Crippen molar-refractivity contribution < 1.29 is 31.2 Å². The molecule has 0 spiro atoms. The summed E-state index contributed by atoms with van der Waals surface area (Å²) in [5, 5.41) is -1.46. The lowest BCUT2D eigenvalue weighted by molar-refractivity contribution is -0.141. The molecule has 2 bridgehead atoms. The summed E-state index contributed by atoms with van der Waals surface area (Å²) in [4.78, 5) is 28.1. The van der Waals surface area contributed by atoms with Gasteiger partial charge in [0.1, 0.15) is 5.25 Å². The van der Waals surface area contributed by atoms with Crippen molar-refractivity contribution in [1.29, 1.82) is 0 Å². The molecule has 4 aliphatic rings. The molecule has 1 saturated heterocycles. The monoisotopic (exact) mass is 516 g/mol. The van der Waals surface area contributed by atoms with E-state index in [0.717, 1.165) is 57.4 Å². The molecule has 35 heavy (non-hydrogen) atoms. The van der Waals surface area contributed by atoms with Crippen molar-refractivity contribution in [2.75, 3.05) is 13.1 Å². The second-order valence-electron chi connectivity index (χ2n) is 10.8. The first-order chi connectivity index (χ1) is 16.4. The lowest BCUT2D eigenvalue weighted by Crippen LogP contribution is -2.54. The minimum Gasteiger partial charge on any atom is -0.342 e. The minimum atomic E-state index is -4.62. The quantitative estimate of drug-likeness (QED) is 0.584. The summed E-state index contributed by atoms with van der Waals surface area (Å²) in [5.74, 6) is -0.942. The van der Waals surface area contributed by atoms with Crippen LogP contribution in [0.1, 0.15) is 71.1 Å². The van der Waals surface area contributed by atoms with Gasteiger partial charge in [-0.25, -0.2) is 8.42 Å². The smallest absolute Gasteiger partial charge is 0.342 e. The van der Waals surface area contributed by atoms with E-state index in [4.69, 9.17) is 0 Å². The first-order valence-corrected chi connectivity index (χ1v) is 14.3. The molecule has 1 heterocycles. The van der Waals surface area contributed by atoms with Gasteiger partial charge in [-0.3, -0.25) is 14.3 Å². The van der Waals surface area contributed by atoms with Gasteiger partial charge in [-0.15, -0.1) is 0 Å². The molecule has 3 unspecified atom stereocenters. The van der Waals surface area contributed by atoms with Crippen molar-refractivity contribution in [1.82, 2.24) is 9.62 Å². The summed E-state index contributed by atoms with van der Waals surface area (Å²) >= 11 is 0. The predicted octanol–water partition coefficient (Wildman–Crippen LogP) is 4.48. The highest BCUT2D eigenvalue weighted by molar-refractivity contribution is 7.90. The number of amides is 2. The number of likely N-dealkylation sites (tertiary alicyclic amines) is 1. The number of piperidine rings is 1. The van der Waals surface area contributed by atoms with E-state index in [-0.39, 0.29) is 23.3 Å². The van der Waals surface area contributed by atoms with Gasteiger partial charge in [-0.2, -0.15) is 13.2 Å².